The first-order valence-electron chi connectivity index (χ1n) is 6.48. The largest absolute Gasteiger partial charge is 0.744 e. The first kappa shape index (κ1) is 15.9. The molecule has 2 N–H and O–H groups in total. The lowest BCUT2D eigenvalue weighted by Crippen LogP contribution is -2.48. The van der Waals surface area contributed by atoms with Crippen LogP contribution in [0.5, 0.6) is 0 Å². The second-order valence-electron chi connectivity index (χ2n) is 5.12. The van der Waals surface area contributed by atoms with Gasteiger partial charge < -0.3 is 4.55 Å². The molecule has 0 amide bonds. The Morgan fingerprint density at radius 1 is 1.27 bits per heavy atom. The fourth-order valence-electron chi connectivity index (χ4n) is 2.52. The van der Waals surface area contributed by atoms with Gasteiger partial charge in [-0.3, -0.25) is 0 Å². The summed E-state index contributed by atoms with van der Waals surface area (Å²) in [6.07, 6.45) is 2.01. The normalized spacial score (nSPS) is 11.2. The van der Waals surface area contributed by atoms with Gasteiger partial charge in [-0.25, -0.2) is 14.3 Å². The monoisotopic (exact) mass is 317 g/mol. The van der Waals surface area contributed by atoms with E-state index >= 15 is 0 Å². The van der Waals surface area contributed by atoms with Gasteiger partial charge in [-0.1, -0.05) is 16.8 Å². The van der Waals surface area contributed by atoms with Crippen LogP contribution in [0.15, 0.2) is 35.4 Å². The fraction of sp³-hybridized carbons (Fsp3) is 0.200. The Balaban J connectivity index is 2.47. The van der Waals surface area contributed by atoms with Crippen molar-refractivity contribution in [1.29, 1.82) is 5.26 Å². The first-order valence-corrected chi connectivity index (χ1v) is 7.89. The number of aryl methyl sites for hydroxylation is 2. The summed E-state index contributed by atoms with van der Waals surface area (Å²) in [7, 11) is -4.50. The number of benzene rings is 1. The minimum atomic E-state index is -4.50. The van der Waals surface area contributed by atoms with Crippen LogP contribution in [0.3, 0.4) is 0 Å². The standard InChI is InChI=1S/C15H15N3O3S/c1-10-5-13(6-11(2)15(10)22(19,20)21)8-14-7-12(9-16)3-4-18(14)17/h3-7H,8,17H2,1-2H3. The number of aromatic nitrogens is 1. The summed E-state index contributed by atoms with van der Waals surface area (Å²) in [5.74, 6) is 5.83. The zero-order valence-corrected chi connectivity index (χ0v) is 13.0. The molecule has 22 heavy (non-hydrogen) atoms. The van der Waals surface area contributed by atoms with Crippen molar-refractivity contribution in [2.45, 2.75) is 25.2 Å². The summed E-state index contributed by atoms with van der Waals surface area (Å²) in [4.78, 5) is -0.178. The quantitative estimate of drug-likeness (QED) is 0.508. The highest BCUT2D eigenvalue weighted by Crippen LogP contribution is 2.22. The van der Waals surface area contributed by atoms with Gasteiger partial charge in [-0.2, -0.15) is 5.26 Å². The van der Waals surface area contributed by atoms with Crippen LogP contribution in [-0.4, -0.2) is 13.0 Å². The van der Waals surface area contributed by atoms with Crippen LogP contribution in [0, 0.1) is 25.2 Å². The number of nitriles is 1. The second-order valence-corrected chi connectivity index (χ2v) is 6.43. The third kappa shape index (κ3) is 3.24. The Hall–Kier alpha value is -2.43. The maximum atomic E-state index is 11.3. The molecule has 0 unspecified atom stereocenters. The van der Waals surface area contributed by atoms with Gasteiger partial charge in [0.2, 0.25) is 11.9 Å². The van der Waals surface area contributed by atoms with Gasteiger partial charge >= 0.3 is 0 Å². The smallest absolute Gasteiger partial charge is 0.217 e. The number of rotatable bonds is 3. The van der Waals surface area contributed by atoms with E-state index in [0.29, 0.717) is 28.8 Å². The molecule has 0 spiro atoms. The van der Waals surface area contributed by atoms with Crippen LogP contribution in [0.4, 0.5) is 0 Å². The van der Waals surface area contributed by atoms with Crippen LogP contribution in [0.1, 0.15) is 27.9 Å². The maximum absolute atomic E-state index is 11.3. The van der Waals surface area contributed by atoms with Crippen LogP contribution >= 0.6 is 0 Å². The molecule has 0 bridgehead atoms. The molecule has 0 saturated heterocycles. The van der Waals surface area contributed by atoms with Gasteiger partial charge in [-0.05, 0) is 30.5 Å². The summed E-state index contributed by atoms with van der Waals surface area (Å²) >= 11 is 0. The van der Waals surface area contributed by atoms with E-state index in [9.17, 15) is 13.0 Å². The lowest BCUT2D eigenvalue weighted by molar-refractivity contribution is -0.646. The molecular formula is C15H15N3O3S. The minimum Gasteiger partial charge on any atom is -0.744 e. The van der Waals surface area contributed by atoms with Gasteiger partial charge in [0, 0.05) is 12.1 Å². The highest BCUT2D eigenvalue weighted by molar-refractivity contribution is 7.85. The van der Waals surface area contributed by atoms with Crippen molar-refractivity contribution in [3.63, 3.8) is 0 Å². The second kappa shape index (κ2) is 5.75. The predicted molar refractivity (Wildman–Crippen MR) is 78.2 cm³/mol. The SMILES string of the molecule is Cc1cc(Cc2cc(C#N)cc[n+]2N)cc(C)c1S(=O)(=O)[O-]. The first-order chi connectivity index (χ1) is 10.2. The molecule has 0 aliphatic rings. The Bertz CT molecular complexity index is 860. The van der Waals surface area contributed by atoms with E-state index in [-0.39, 0.29) is 4.90 Å². The molecule has 0 fully saturated rings. The Labute approximate surface area is 129 Å². The molecule has 1 aromatic heterocycles. The summed E-state index contributed by atoms with van der Waals surface area (Å²) in [5, 5.41) is 8.93. The van der Waals surface area contributed by atoms with E-state index in [1.165, 1.54) is 4.68 Å². The molecular weight excluding hydrogens is 302 g/mol. The van der Waals surface area contributed by atoms with E-state index in [4.69, 9.17) is 11.1 Å². The van der Waals surface area contributed by atoms with Crippen molar-refractivity contribution < 1.29 is 17.6 Å². The van der Waals surface area contributed by atoms with Crippen molar-refractivity contribution in [2.75, 3.05) is 5.84 Å². The van der Waals surface area contributed by atoms with Crippen molar-refractivity contribution in [3.05, 3.63) is 58.4 Å². The van der Waals surface area contributed by atoms with Gasteiger partial charge in [0.1, 0.15) is 10.1 Å². The number of hydrogen-bond donors (Lipinski definition) is 1. The summed E-state index contributed by atoms with van der Waals surface area (Å²) < 4.78 is 35.2. The van der Waals surface area contributed by atoms with Gasteiger partial charge in [0.25, 0.3) is 0 Å². The third-order valence-corrected chi connectivity index (χ3v) is 4.50. The van der Waals surface area contributed by atoms with Gasteiger partial charge in [-0.15, -0.1) is 0 Å². The molecule has 7 heteroatoms. The van der Waals surface area contributed by atoms with E-state index in [2.05, 4.69) is 0 Å². The van der Waals surface area contributed by atoms with Gasteiger partial charge in [0.05, 0.1) is 22.9 Å². The summed E-state index contributed by atoms with van der Waals surface area (Å²) in [6.45, 7) is 3.17. The van der Waals surface area contributed by atoms with Crippen LogP contribution in [-0.2, 0) is 16.5 Å². The average Bonchev–Trinajstić information content (AvgIpc) is 2.38. The van der Waals surface area contributed by atoms with Crippen molar-refractivity contribution in [2.24, 2.45) is 0 Å². The summed E-state index contributed by atoms with van der Waals surface area (Å²) in [5.41, 5.74) is 2.83. The van der Waals surface area contributed by atoms with E-state index < -0.39 is 10.1 Å². The van der Waals surface area contributed by atoms with Crippen LogP contribution in [0.2, 0.25) is 0 Å². The molecule has 0 radical (unpaired) electrons. The average molecular weight is 317 g/mol. The Morgan fingerprint density at radius 3 is 2.36 bits per heavy atom. The van der Waals surface area contributed by atoms with Gasteiger partial charge in [0.15, 0.2) is 0 Å². The van der Waals surface area contributed by atoms with E-state index in [0.717, 1.165) is 5.56 Å². The lowest BCUT2D eigenvalue weighted by Gasteiger charge is -2.15. The molecule has 2 rings (SSSR count). The molecule has 0 atom stereocenters. The van der Waals surface area contributed by atoms with Crippen molar-refractivity contribution in [1.82, 2.24) is 0 Å². The minimum absolute atomic E-state index is 0.178. The van der Waals surface area contributed by atoms with Crippen LogP contribution in [0.25, 0.3) is 0 Å². The Morgan fingerprint density at radius 2 is 1.86 bits per heavy atom. The molecule has 114 valence electrons. The third-order valence-electron chi connectivity index (χ3n) is 3.35. The Kier molecular flexibility index (Phi) is 4.17. The highest BCUT2D eigenvalue weighted by Gasteiger charge is 2.15. The lowest BCUT2D eigenvalue weighted by atomic mass is 10.0. The number of nitrogens with two attached hydrogens (primary N) is 1. The fourth-order valence-corrected chi connectivity index (χ4v) is 3.42. The zero-order chi connectivity index (χ0) is 16.5. The molecule has 2 aromatic rings. The molecule has 0 aliphatic heterocycles. The molecule has 0 saturated carbocycles. The predicted octanol–water partition coefficient (Wildman–Crippen LogP) is 0.671. The molecule has 6 nitrogen and oxygen atoms in total. The van der Waals surface area contributed by atoms with Crippen LogP contribution < -0.4 is 10.5 Å². The number of pyridine rings is 1. The zero-order valence-electron chi connectivity index (χ0n) is 12.2. The highest BCUT2D eigenvalue weighted by atomic mass is 32.2. The van der Waals surface area contributed by atoms with Crippen molar-refractivity contribution in [3.8, 4) is 6.07 Å². The number of nitrogen functional groups attached to an aromatic ring is 1. The number of nitrogens with zero attached hydrogens (tertiary/aromatic N) is 2. The molecule has 0 aliphatic carbocycles. The summed E-state index contributed by atoms with van der Waals surface area (Å²) in [6, 6.07) is 8.62. The topological polar surface area (TPSA) is 111 Å². The maximum Gasteiger partial charge on any atom is 0.217 e. The van der Waals surface area contributed by atoms with Crippen molar-refractivity contribution >= 4 is 10.1 Å². The number of hydrogen-bond acceptors (Lipinski definition) is 5. The molecule has 1 heterocycles. The molecule has 1 aromatic carbocycles. The van der Waals surface area contributed by atoms with E-state index in [1.54, 1.807) is 44.3 Å². The van der Waals surface area contributed by atoms with E-state index in [1.807, 2.05) is 6.07 Å².